The van der Waals surface area contributed by atoms with Gasteiger partial charge in [-0.3, -0.25) is 4.90 Å². The Hall–Kier alpha value is -0.680. The molecule has 0 aromatic heterocycles. The molecule has 1 aliphatic heterocycles. The molecule has 19 heavy (non-hydrogen) atoms. The third-order valence-electron chi connectivity index (χ3n) is 3.90. The molecule has 3 nitrogen and oxygen atoms in total. The van der Waals surface area contributed by atoms with E-state index in [-0.39, 0.29) is 18.0 Å². The molecule has 1 saturated heterocycles. The Balaban J connectivity index is 2.23. The molecule has 0 amide bonds. The summed E-state index contributed by atoms with van der Waals surface area (Å²) in [6.45, 7) is 3.27. The van der Waals surface area contributed by atoms with Gasteiger partial charge in [0.1, 0.15) is 5.82 Å². The molecule has 3 unspecified atom stereocenters. The third-order valence-corrected chi connectivity index (χ3v) is 4.22. The largest absolute Gasteiger partial charge is 0.377 e. The Morgan fingerprint density at radius 2 is 2.32 bits per heavy atom. The van der Waals surface area contributed by atoms with Crippen molar-refractivity contribution in [2.75, 3.05) is 20.2 Å². The summed E-state index contributed by atoms with van der Waals surface area (Å²) >= 11 is 6.14. The number of benzene rings is 1. The maximum Gasteiger partial charge on any atom is 0.124 e. The van der Waals surface area contributed by atoms with Crippen LogP contribution in [0.15, 0.2) is 18.2 Å². The van der Waals surface area contributed by atoms with Gasteiger partial charge in [-0.05, 0) is 38.1 Å². The van der Waals surface area contributed by atoms with Crippen molar-refractivity contribution in [3.63, 3.8) is 0 Å². The summed E-state index contributed by atoms with van der Waals surface area (Å²) in [5, 5.41) is 0.425. The first-order chi connectivity index (χ1) is 9.04. The van der Waals surface area contributed by atoms with Crippen molar-refractivity contribution in [1.29, 1.82) is 0 Å². The minimum atomic E-state index is -0.329. The molecule has 0 spiro atoms. The number of hydrogen-bond acceptors (Lipinski definition) is 3. The second-order valence-corrected chi connectivity index (χ2v) is 5.42. The zero-order chi connectivity index (χ0) is 14.0. The fraction of sp³-hybridized carbons (Fsp3) is 0.571. The molecule has 1 heterocycles. The molecule has 1 aromatic rings. The molecule has 2 rings (SSSR count). The monoisotopic (exact) mass is 286 g/mol. The number of hydrogen-bond donors (Lipinski definition) is 1. The maximum absolute atomic E-state index is 13.1. The van der Waals surface area contributed by atoms with Gasteiger partial charge in [0.2, 0.25) is 0 Å². The van der Waals surface area contributed by atoms with Gasteiger partial charge < -0.3 is 10.5 Å². The van der Waals surface area contributed by atoms with Gasteiger partial charge in [0.05, 0.1) is 6.10 Å². The highest BCUT2D eigenvalue weighted by atomic mass is 35.5. The molecule has 1 aromatic carbocycles. The van der Waals surface area contributed by atoms with Crippen LogP contribution in [0.1, 0.15) is 24.9 Å². The van der Waals surface area contributed by atoms with Crippen LogP contribution in [-0.4, -0.2) is 37.2 Å². The van der Waals surface area contributed by atoms with Crippen molar-refractivity contribution in [1.82, 2.24) is 4.90 Å². The van der Waals surface area contributed by atoms with E-state index in [4.69, 9.17) is 22.1 Å². The van der Waals surface area contributed by atoms with Gasteiger partial charge in [-0.2, -0.15) is 0 Å². The zero-order valence-corrected chi connectivity index (χ0v) is 12.0. The number of ether oxygens (including phenoxy) is 1. The van der Waals surface area contributed by atoms with Crippen molar-refractivity contribution in [2.45, 2.75) is 31.5 Å². The molecule has 1 fully saturated rings. The number of nitrogens with zero attached hydrogens (tertiary/aromatic N) is 1. The summed E-state index contributed by atoms with van der Waals surface area (Å²) in [6, 6.07) is 4.76. The van der Waals surface area contributed by atoms with Gasteiger partial charge >= 0.3 is 0 Å². The van der Waals surface area contributed by atoms with Crippen LogP contribution < -0.4 is 5.73 Å². The van der Waals surface area contributed by atoms with E-state index < -0.39 is 0 Å². The van der Waals surface area contributed by atoms with Crippen LogP contribution in [0, 0.1) is 5.82 Å². The van der Waals surface area contributed by atoms with E-state index >= 15 is 0 Å². The van der Waals surface area contributed by atoms with Gasteiger partial charge in [0.25, 0.3) is 0 Å². The highest BCUT2D eigenvalue weighted by molar-refractivity contribution is 6.31. The summed E-state index contributed by atoms with van der Waals surface area (Å²) in [4.78, 5) is 2.19. The number of halogens is 2. The van der Waals surface area contributed by atoms with Crippen LogP contribution in [-0.2, 0) is 4.74 Å². The van der Waals surface area contributed by atoms with Crippen LogP contribution >= 0.6 is 11.6 Å². The van der Waals surface area contributed by atoms with E-state index in [0.717, 1.165) is 18.6 Å². The van der Waals surface area contributed by atoms with Crippen molar-refractivity contribution >= 4 is 11.6 Å². The van der Waals surface area contributed by atoms with Crippen molar-refractivity contribution in [3.8, 4) is 0 Å². The number of rotatable bonds is 4. The molecular weight excluding hydrogens is 267 g/mol. The highest BCUT2D eigenvalue weighted by Crippen LogP contribution is 2.31. The van der Waals surface area contributed by atoms with Crippen LogP contribution in [0.3, 0.4) is 0 Å². The average molecular weight is 287 g/mol. The lowest BCUT2D eigenvalue weighted by Crippen LogP contribution is -2.42. The van der Waals surface area contributed by atoms with Gasteiger partial charge in [0.15, 0.2) is 0 Å². The predicted molar refractivity (Wildman–Crippen MR) is 74.8 cm³/mol. The average Bonchev–Trinajstić information content (AvgIpc) is 2.78. The molecule has 2 N–H and O–H groups in total. The molecule has 0 radical (unpaired) electrons. The second-order valence-electron chi connectivity index (χ2n) is 5.01. The van der Waals surface area contributed by atoms with Gasteiger partial charge in [-0.1, -0.05) is 17.7 Å². The molecular formula is C14H20ClFN2O. The Labute approximate surface area is 118 Å². The zero-order valence-electron chi connectivity index (χ0n) is 11.3. The van der Waals surface area contributed by atoms with Gasteiger partial charge in [0, 0.05) is 30.3 Å². The SMILES string of the molecule is CC1OCCC1N(C)C(CN)c1ccc(F)cc1Cl. The molecule has 3 atom stereocenters. The normalized spacial score (nSPS) is 24.9. The fourth-order valence-electron chi connectivity index (χ4n) is 2.77. The molecule has 0 aliphatic carbocycles. The van der Waals surface area contributed by atoms with Crippen molar-refractivity contribution in [2.24, 2.45) is 5.73 Å². The first-order valence-corrected chi connectivity index (χ1v) is 6.91. The summed E-state index contributed by atoms with van der Waals surface area (Å²) in [7, 11) is 2.02. The van der Waals surface area contributed by atoms with E-state index in [1.54, 1.807) is 6.07 Å². The van der Waals surface area contributed by atoms with Gasteiger partial charge in [-0.15, -0.1) is 0 Å². The third kappa shape index (κ3) is 3.08. The van der Waals surface area contributed by atoms with Crippen LogP contribution in [0.4, 0.5) is 4.39 Å². The smallest absolute Gasteiger partial charge is 0.124 e. The lowest BCUT2D eigenvalue weighted by atomic mass is 10.0. The quantitative estimate of drug-likeness (QED) is 0.925. The number of likely N-dealkylation sites (N-methyl/N-ethyl adjacent to an activating group) is 1. The van der Waals surface area contributed by atoms with Gasteiger partial charge in [-0.25, -0.2) is 4.39 Å². The Morgan fingerprint density at radius 3 is 2.84 bits per heavy atom. The van der Waals surface area contributed by atoms with Crippen LogP contribution in [0.2, 0.25) is 5.02 Å². The van der Waals surface area contributed by atoms with E-state index in [0.29, 0.717) is 17.6 Å². The lowest BCUT2D eigenvalue weighted by molar-refractivity contribution is 0.0686. The maximum atomic E-state index is 13.1. The standard InChI is InChI=1S/C14H20ClFN2O/c1-9-13(5-6-19-9)18(2)14(8-17)11-4-3-10(16)7-12(11)15/h3-4,7,9,13-14H,5-6,8,17H2,1-2H3. The van der Waals surface area contributed by atoms with E-state index in [1.165, 1.54) is 12.1 Å². The minimum Gasteiger partial charge on any atom is -0.377 e. The summed E-state index contributed by atoms with van der Waals surface area (Å²) in [6.07, 6.45) is 1.16. The summed E-state index contributed by atoms with van der Waals surface area (Å²) in [5.74, 6) is -0.329. The van der Waals surface area contributed by atoms with Crippen LogP contribution in [0.5, 0.6) is 0 Å². The van der Waals surface area contributed by atoms with E-state index in [1.807, 2.05) is 7.05 Å². The predicted octanol–water partition coefficient (Wildman–Crippen LogP) is 2.59. The Kier molecular flexibility index (Phi) is 4.79. The molecule has 106 valence electrons. The first-order valence-electron chi connectivity index (χ1n) is 6.53. The molecule has 5 heteroatoms. The van der Waals surface area contributed by atoms with Crippen molar-refractivity contribution in [3.05, 3.63) is 34.6 Å². The van der Waals surface area contributed by atoms with E-state index in [9.17, 15) is 4.39 Å². The Bertz CT molecular complexity index is 443. The first kappa shape index (κ1) is 14.7. The fourth-order valence-corrected chi connectivity index (χ4v) is 3.06. The van der Waals surface area contributed by atoms with Crippen LogP contribution in [0.25, 0.3) is 0 Å². The molecule has 0 bridgehead atoms. The summed E-state index contributed by atoms with van der Waals surface area (Å²) in [5.41, 5.74) is 6.76. The topological polar surface area (TPSA) is 38.5 Å². The lowest BCUT2D eigenvalue weighted by Gasteiger charge is -2.34. The molecule has 0 saturated carbocycles. The summed E-state index contributed by atoms with van der Waals surface area (Å²) < 4.78 is 18.7. The van der Waals surface area contributed by atoms with E-state index in [2.05, 4.69) is 11.8 Å². The molecule has 1 aliphatic rings. The Morgan fingerprint density at radius 1 is 1.58 bits per heavy atom. The second kappa shape index (κ2) is 6.18. The van der Waals surface area contributed by atoms with Crippen molar-refractivity contribution < 1.29 is 9.13 Å². The number of nitrogens with two attached hydrogens (primary N) is 1. The minimum absolute atomic E-state index is 0.0257. The highest BCUT2D eigenvalue weighted by Gasteiger charge is 2.32.